The molecule has 0 aliphatic heterocycles. The molecule has 6 heteroatoms. The Morgan fingerprint density at radius 1 is 1.26 bits per heavy atom. The first-order chi connectivity index (χ1) is 10.8. The monoisotopic (exact) mass is 334 g/mol. The van der Waals surface area contributed by atoms with Gasteiger partial charge in [0.25, 0.3) is 0 Å². The van der Waals surface area contributed by atoms with Crippen molar-refractivity contribution in [1.82, 2.24) is 15.1 Å². The van der Waals surface area contributed by atoms with Crippen LogP contribution in [0.1, 0.15) is 25.0 Å². The lowest BCUT2D eigenvalue weighted by atomic mass is 9.95. The van der Waals surface area contributed by atoms with Crippen molar-refractivity contribution in [2.45, 2.75) is 25.8 Å². The largest absolute Gasteiger partial charge is 0.350 e. The zero-order chi connectivity index (χ0) is 15.4. The third-order valence-corrected chi connectivity index (χ3v) is 4.41. The third kappa shape index (κ3) is 4.12. The van der Waals surface area contributed by atoms with Crippen LogP contribution in [0.4, 0.5) is 0 Å². The maximum atomic E-state index is 12.3. The first-order valence-electron chi connectivity index (χ1n) is 7.85. The summed E-state index contributed by atoms with van der Waals surface area (Å²) in [6.07, 6.45) is 5.03. The number of nitrogens with one attached hydrogen (secondary N) is 1. The van der Waals surface area contributed by atoms with Crippen molar-refractivity contribution in [1.29, 1.82) is 0 Å². The summed E-state index contributed by atoms with van der Waals surface area (Å²) in [6, 6.07) is 11.9. The van der Waals surface area contributed by atoms with E-state index in [1.165, 1.54) is 0 Å². The molecule has 3 N–H and O–H groups in total. The quantitative estimate of drug-likeness (QED) is 0.881. The van der Waals surface area contributed by atoms with E-state index in [9.17, 15) is 4.79 Å². The Morgan fingerprint density at radius 3 is 2.78 bits per heavy atom. The molecular formula is C17H23ClN4O. The predicted molar refractivity (Wildman–Crippen MR) is 92.5 cm³/mol. The van der Waals surface area contributed by atoms with Crippen LogP contribution in [-0.2, 0) is 11.3 Å². The van der Waals surface area contributed by atoms with E-state index >= 15 is 0 Å². The van der Waals surface area contributed by atoms with E-state index < -0.39 is 0 Å². The van der Waals surface area contributed by atoms with Crippen LogP contribution < -0.4 is 11.1 Å². The normalized spacial score (nSPS) is 20.0. The molecule has 0 bridgehead atoms. The summed E-state index contributed by atoms with van der Waals surface area (Å²) >= 11 is 0. The second-order valence-electron chi connectivity index (χ2n) is 5.84. The van der Waals surface area contributed by atoms with Crippen LogP contribution in [0.5, 0.6) is 0 Å². The van der Waals surface area contributed by atoms with E-state index in [1.807, 2.05) is 47.3 Å². The Bertz CT molecular complexity index is 629. The Labute approximate surface area is 142 Å². The number of aromatic nitrogens is 2. The molecule has 1 aromatic carbocycles. The second kappa shape index (κ2) is 8.13. The first kappa shape index (κ1) is 17.5. The summed E-state index contributed by atoms with van der Waals surface area (Å²) in [4.78, 5) is 12.3. The summed E-state index contributed by atoms with van der Waals surface area (Å²) in [7, 11) is 0. The Morgan fingerprint density at radius 2 is 2.04 bits per heavy atom. The number of carbonyl (C=O) groups is 1. The molecule has 0 radical (unpaired) electrons. The number of halogens is 1. The molecule has 1 aliphatic rings. The molecule has 1 aromatic heterocycles. The number of rotatable bonds is 5. The lowest BCUT2D eigenvalue weighted by molar-refractivity contribution is -0.126. The van der Waals surface area contributed by atoms with Crippen molar-refractivity contribution in [3.63, 3.8) is 0 Å². The van der Waals surface area contributed by atoms with Crippen LogP contribution in [0, 0.1) is 11.8 Å². The molecule has 1 fully saturated rings. The second-order valence-corrected chi connectivity index (χ2v) is 5.84. The van der Waals surface area contributed by atoms with Crippen LogP contribution in [0.15, 0.2) is 42.6 Å². The SMILES string of the molecule is Cl.NC[C@H]1CCC[C@H]1C(=O)NCc1ccn(-c2ccccc2)n1. The van der Waals surface area contributed by atoms with Gasteiger partial charge < -0.3 is 11.1 Å². The van der Waals surface area contributed by atoms with Gasteiger partial charge in [-0.2, -0.15) is 5.10 Å². The minimum Gasteiger partial charge on any atom is -0.350 e. The number of nitrogens with zero attached hydrogens (tertiary/aromatic N) is 2. The number of nitrogens with two attached hydrogens (primary N) is 1. The fraction of sp³-hybridized carbons (Fsp3) is 0.412. The van der Waals surface area contributed by atoms with Gasteiger partial charge in [0.05, 0.1) is 17.9 Å². The van der Waals surface area contributed by atoms with Crippen LogP contribution in [0.25, 0.3) is 5.69 Å². The van der Waals surface area contributed by atoms with E-state index in [2.05, 4.69) is 10.4 Å². The maximum absolute atomic E-state index is 12.3. The van der Waals surface area contributed by atoms with Gasteiger partial charge in [-0.05, 0) is 43.5 Å². The molecular weight excluding hydrogens is 312 g/mol. The zero-order valence-corrected chi connectivity index (χ0v) is 13.8. The molecule has 1 saturated carbocycles. The van der Waals surface area contributed by atoms with E-state index in [0.29, 0.717) is 19.0 Å². The Hall–Kier alpha value is -1.85. The van der Waals surface area contributed by atoms with Gasteiger partial charge in [-0.15, -0.1) is 12.4 Å². The molecule has 1 amide bonds. The molecule has 1 aliphatic carbocycles. The minimum atomic E-state index is 0. The van der Waals surface area contributed by atoms with E-state index in [4.69, 9.17) is 5.73 Å². The number of benzene rings is 1. The molecule has 0 saturated heterocycles. The molecule has 2 atom stereocenters. The highest BCUT2D eigenvalue weighted by Gasteiger charge is 2.31. The number of amides is 1. The van der Waals surface area contributed by atoms with Gasteiger partial charge in [0.15, 0.2) is 0 Å². The van der Waals surface area contributed by atoms with Gasteiger partial charge in [0.2, 0.25) is 5.91 Å². The van der Waals surface area contributed by atoms with Gasteiger partial charge in [-0.25, -0.2) is 4.68 Å². The topological polar surface area (TPSA) is 72.9 Å². The van der Waals surface area contributed by atoms with Crippen LogP contribution >= 0.6 is 12.4 Å². The maximum Gasteiger partial charge on any atom is 0.223 e. The highest BCUT2D eigenvalue weighted by Crippen LogP contribution is 2.30. The van der Waals surface area contributed by atoms with Crippen molar-refractivity contribution in [3.05, 3.63) is 48.3 Å². The first-order valence-corrected chi connectivity index (χ1v) is 7.85. The van der Waals surface area contributed by atoms with Crippen molar-refractivity contribution in [2.75, 3.05) is 6.54 Å². The lowest BCUT2D eigenvalue weighted by Gasteiger charge is -2.16. The van der Waals surface area contributed by atoms with Gasteiger partial charge in [-0.1, -0.05) is 24.6 Å². The predicted octanol–water partition coefficient (Wildman–Crippen LogP) is 2.29. The van der Waals surface area contributed by atoms with Gasteiger partial charge >= 0.3 is 0 Å². The van der Waals surface area contributed by atoms with Gasteiger partial charge in [0, 0.05) is 12.1 Å². The highest BCUT2D eigenvalue weighted by atomic mass is 35.5. The smallest absolute Gasteiger partial charge is 0.223 e. The number of hydrogen-bond acceptors (Lipinski definition) is 3. The molecule has 1 heterocycles. The summed E-state index contributed by atoms with van der Waals surface area (Å²) in [5, 5.41) is 7.50. The van der Waals surface area contributed by atoms with E-state index in [-0.39, 0.29) is 24.2 Å². The van der Waals surface area contributed by atoms with Crippen LogP contribution in [-0.4, -0.2) is 22.2 Å². The fourth-order valence-corrected chi connectivity index (χ4v) is 3.15. The molecule has 3 rings (SSSR count). The van der Waals surface area contributed by atoms with Crippen LogP contribution in [0.2, 0.25) is 0 Å². The van der Waals surface area contributed by atoms with Crippen molar-refractivity contribution < 1.29 is 4.79 Å². The molecule has 0 unspecified atom stereocenters. The van der Waals surface area contributed by atoms with E-state index in [1.54, 1.807) is 0 Å². The molecule has 124 valence electrons. The van der Waals surface area contributed by atoms with Crippen LogP contribution in [0.3, 0.4) is 0 Å². The van der Waals surface area contributed by atoms with Crippen molar-refractivity contribution in [3.8, 4) is 5.69 Å². The van der Waals surface area contributed by atoms with Crippen molar-refractivity contribution in [2.24, 2.45) is 17.6 Å². The van der Waals surface area contributed by atoms with Gasteiger partial charge in [0.1, 0.15) is 0 Å². The van der Waals surface area contributed by atoms with E-state index in [0.717, 1.165) is 30.6 Å². The molecule has 5 nitrogen and oxygen atoms in total. The summed E-state index contributed by atoms with van der Waals surface area (Å²) < 4.78 is 1.82. The molecule has 2 aromatic rings. The Balaban J connectivity index is 0.00000192. The summed E-state index contributed by atoms with van der Waals surface area (Å²) in [6.45, 7) is 1.06. The lowest BCUT2D eigenvalue weighted by Crippen LogP contribution is -2.34. The molecule has 23 heavy (non-hydrogen) atoms. The fourth-order valence-electron chi connectivity index (χ4n) is 3.15. The average molecular weight is 335 g/mol. The Kier molecular flexibility index (Phi) is 6.19. The summed E-state index contributed by atoms with van der Waals surface area (Å²) in [5.74, 6) is 0.519. The summed E-state index contributed by atoms with van der Waals surface area (Å²) in [5.41, 5.74) is 7.61. The van der Waals surface area contributed by atoms with Crippen molar-refractivity contribution >= 4 is 18.3 Å². The average Bonchev–Trinajstić information content (AvgIpc) is 3.22. The number of para-hydroxylation sites is 1. The van der Waals surface area contributed by atoms with Gasteiger partial charge in [-0.3, -0.25) is 4.79 Å². The standard InChI is InChI=1S/C17H22N4O.ClH/c18-11-13-5-4-8-16(13)17(22)19-12-14-9-10-21(20-14)15-6-2-1-3-7-15;/h1-3,6-7,9-10,13,16H,4-5,8,11-12,18H2,(H,19,22);1H/t13-,16-;/m1./s1. The third-order valence-electron chi connectivity index (χ3n) is 4.41. The zero-order valence-electron chi connectivity index (χ0n) is 13.0. The number of carbonyl (C=O) groups excluding carboxylic acids is 1. The number of hydrogen-bond donors (Lipinski definition) is 2. The highest BCUT2D eigenvalue weighted by molar-refractivity contribution is 5.85. The minimum absolute atomic E-state index is 0. The molecule has 0 spiro atoms.